The molecule has 1 amide bonds. The van der Waals surface area contributed by atoms with Gasteiger partial charge in [-0.05, 0) is 31.2 Å². The van der Waals surface area contributed by atoms with E-state index in [2.05, 4.69) is 5.32 Å². The van der Waals surface area contributed by atoms with Crippen molar-refractivity contribution in [3.63, 3.8) is 0 Å². The lowest BCUT2D eigenvalue weighted by Crippen LogP contribution is -2.34. The second-order valence-corrected chi connectivity index (χ2v) is 6.71. The molecular weight excluding hydrogens is 298 g/mol. The van der Waals surface area contributed by atoms with Gasteiger partial charge in [0, 0.05) is 23.1 Å². The van der Waals surface area contributed by atoms with E-state index in [9.17, 15) is 9.59 Å². The number of hydrogen-bond acceptors (Lipinski definition) is 5. The molecule has 0 aliphatic carbocycles. The monoisotopic (exact) mass is 315 g/mol. The molecule has 0 aliphatic rings. The van der Waals surface area contributed by atoms with Crippen LogP contribution in [0.5, 0.6) is 0 Å². The maximum absolute atomic E-state index is 11.9. The minimum atomic E-state index is -1.01. The highest BCUT2D eigenvalue weighted by atomic mass is 33.1. The van der Waals surface area contributed by atoms with Gasteiger partial charge in [0.15, 0.2) is 0 Å². The molecular formula is C13H17NO4S2. The fourth-order valence-electron chi connectivity index (χ4n) is 1.36. The van der Waals surface area contributed by atoms with Crippen LogP contribution in [0.4, 0.5) is 0 Å². The van der Waals surface area contributed by atoms with Crippen molar-refractivity contribution in [2.75, 3.05) is 18.1 Å². The fraction of sp³-hybridized carbons (Fsp3) is 0.385. The van der Waals surface area contributed by atoms with Crippen molar-refractivity contribution in [2.24, 2.45) is 0 Å². The zero-order valence-corrected chi connectivity index (χ0v) is 12.7. The molecule has 0 spiro atoms. The molecule has 1 rings (SSSR count). The Bertz CT molecular complexity index is 450. The van der Waals surface area contributed by atoms with Gasteiger partial charge in [-0.2, -0.15) is 0 Å². The number of carboxylic acids is 1. The van der Waals surface area contributed by atoms with Crippen LogP contribution in [0, 0.1) is 0 Å². The van der Waals surface area contributed by atoms with Gasteiger partial charge >= 0.3 is 5.97 Å². The first-order chi connectivity index (χ1) is 9.54. The molecule has 1 aromatic carbocycles. The van der Waals surface area contributed by atoms with Crippen LogP contribution in [0.3, 0.4) is 0 Å². The molecule has 0 saturated heterocycles. The maximum atomic E-state index is 11.9. The van der Waals surface area contributed by atoms with E-state index in [0.717, 1.165) is 5.75 Å². The number of aliphatic hydroxyl groups excluding tert-OH is 1. The van der Waals surface area contributed by atoms with Gasteiger partial charge in [0.2, 0.25) is 0 Å². The van der Waals surface area contributed by atoms with E-state index in [4.69, 9.17) is 10.2 Å². The van der Waals surface area contributed by atoms with Crippen LogP contribution >= 0.6 is 21.6 Å². The molecule has 0 fully saturated rings. The maximum Gasteiger partial charge on any atom is 0.335 e. The Morgan fingerprint density at radius 1 is 1.20 bits per heavy atom. The molecule has 0 aromatic heterocycles. The van der Waals surface area contributed by atoms with E-state index in [-0.39, 0.29) is 24.1 Å². The summed E-state index contributed by atoms with van der Waals surface area (Å²) in [6.45, 7) is 2.05. The van der Waals surface area contributed by atoms with E-state index in [0.29, 0.717) is 11.3 Å². The number of benzene rings is 1. The standard InChI is InChI=1S/C13H17NO4S2/c1-9(8-20-19-7-6-15)14-12(16)10-2-4-11(5-3-10)13(17)18/h2-5,9,15H,6-8H2,1H3,(H,14,16)(H,17,18). The molecule has 3 N–H and O–H groups in total. The minimum absolute atomic E-state index is 0.00200. The van der Waals surface area contributed by atoms with E-state index < -0.39 is 5.97 Å². The average Bonchev–Trinajstić information content (AvgIpc) is 2.43. The molecule has 0 radical (unpaired) electrons. The lowest BCUT2D eigenvalue weighted by Gasteiger charge is -2.13. The highest BCUT2D eigenvalue weighted by Gasteiger charge is 2.11. The summed E-state index contributed by atoms with van der Waals surface area (Å²) >= 11 is 0. The van der Waals surface area contributed by atoms with E-state index >= 15 is 0 Å². The Hall–Kier alpha value is -1.18. The van der Waals surface area contributed by atoms with E-state index in [1.54, 1.807) is 21.6 Å². The van der Waals surface area contributed by atoms with Gasteiger partial charge in [-0.1, -0.05) is 21.6 Å². The number of aromatic carboxylic acids is 1. The van der Waals surface area contributed by atoms with Crippen LogP contribution in [0.1, 0.15) is 27.6 Å². The molecule has 1 atom stereocenters. The third-order valence-electron chi connectivity index (χ3n) is 2.35. The van der Waals surface area contributed by atoms with Crippen molar-refractivity contribution in [1.82, 2.24) is 5.32 Å². The molecule has 7 heteroatoms. The smallest absolute Gasteiger partial charge is 0.335 e. The molecule has 5 nitrogen and oxygen atoms in total. The molecule has 0 bridgehead atoms. The van der Waals surface area contributed by atoms with Crippen LogP contribution < -0.4 is 5.32 Å². The van der Waals surface area contributed by atoms with Crippen molar-refractivity contribution >= 4 is 33.5 Å². The zero-order chi connectivity index (χ0) is 15.0. The Labute approximate surface area is 125 Å². The van der Waals surface area contributed by atoms with Crippen LogP contribution in [0.2, 0.25) is 0 Å². The predicted molar refractivity (Wildman–Crippen MR) is 82.3 cm³/mol. The first-order valence-corrected chi connectivity index (χ1v) is 8.53. The van der Waals surface area contributed by atoms with Gasteiger partial charge in [-0.15, -0.1) is 0 Å². The van der Waals surface area contributed by atoms with Crippen LogP contribution in [0.25, 0.3) is 0 Å². The minimum Gasteiger partial charge on any atom is -0.478 e. The summed E-state index contributed by atoms with van der Waals surface area (Å²) in [5, 5.41) is 20.3. The summed E-state index contributed by atoms with van der Waals surface area (Å²) in [5.74, 6) is 0.177. The largest absolute Gasteiger partial charge is 0.478 e. The van der Waals surface area contributed by atoms with E-state index in [1.807, 2.05) is 6.92 Å². The lowest BCUT2D eigenvalue weighted by atomic mass is 10.1. The molecule has 20 heavy (non-hydrogen) atoms. The van der Waals surface area contributed by atoms with Crippen LogP contribution in [-0.2, 0) is 0 Å². The van der Waals surface area contributed by atoms with Gasteiger partial charge in [-0.25, -0.2) is 4.79 Å². The number of hydrogen-bond donors (Lipinski definition) is 3. The number of carboxylic acid groups (broad SMARTS) is 1. The molecule has 0 heterocycles. The summed E-state index contributed by atoms with van der Waals surface area (Å²) in [4.78, 5) is 22.6. The third kappa shape index (κ3) is 5.85. The number of nitrogens with one attached hydrogen (secondary N) is 1. The summed E-state index contributed by atoms with van der Waals surface area (Å²) < 4.78 is 0. The summed E-state index contributed by atoms with van der Waals surface area (Å²) in [6.07, 6.45) is 0. The molecule has 0 saturated carbocycles. The van der Waals surface area contributed by atoms with Crippen LogP contribution in [-0.4, -0.2) is 46.2 Å². The average molecular weight is 315 g/mol. The Morgan fingerprint density at radius 3 is 2.35 bits per heavy atom. The SMILES string of the molecule is CC(CSSCCO)NC(=O)c1ccc(C(=O)O)cc1. The first-order valence-electron chi connectivity index (χ1n) is 6.04. The Morgan fingerprint density at radius 2 is 1.80 bits per heavy atom. The van der Waals surface area contributed by atoms with Gasteiger partial charge in [0.1, 0.15) is 0 Å². The quantitative estimate of drug-likeness (QED) is 0.501. The van der Waals surface area contributed by atoms with Gasteiger partial charge < -0.3 is 15.5 Å². The molecule has 0 aliphatic heterocycles. The van der Waals surface area contributed by atoms with E-state index in [1.165, 1.54) is 24.3 Å². The second kappa shape index (κ2) is 8.89. The highest BCUT2D eigenvalue weighted by molar-refractivity contribution is 8.76. The third-order valence-corrected chi connectivity index (χ3v) is 4.91. The number of amides is 1. The van der Waals surface area contributed by atoms with Crippen molar-refractivity contribution in [1.29, 1.82) is 0 Å². The number of rotatable bonds is 8. The molecule has 110 valence electrons. The first kappa shape index (κ1) is 16.9. The molecule has 1 unspecified atom stereocenters. The second-order valence-electron chi connectivity index (χ2n) is 4.09. The lowest BCUT2D eigenvalue weighted by molar-refractivity contribution is 0.0696. The Balaban J connectivity index is 2.43. The van der Waals surface area contributed by atoms with Crippen molar-refractivity contribution < 1.29 is 19.8 Å². The number of carbonyl (C=O) groups excluding carboxylic acids is 1. The van der Waals surface area contributed by atoms with Crippen molar-refractivity contribution in [3.8, 4) is 0 Å². The van der Waals surface area contributed by atoms with Gasteiger partial charge in [-0.3, -0.25) is 4.79 Å². The normalized spacial score (nSPS) is 11.9. The van der Waals surface area contributed by atoms with Gasteiger partial charge in [0.05, 0.1) is 12.2 Å². The number of aliphatic hydroxyl groups is 1. The predicted octanol–water partition coefficient (Wildman–Crippen LogP) is 1.88. The van der Waals surface area contributed by atoms with Gasteiger partial charge in [0.25, 0.3) is 5.91 Å². The fourth-order valence-corrected chi connectivity index (χ4v) is 3.41. The summed E-state index contributed by atoms with van der Waals surface area (Å²) in [7, 11) is 3.15. The molecule has 1 aromatic rings. The zero-order valence-electron chi connectivity index (χ0n) is 11.0. The topological polar surface area (TPSA) is 86.6 Å². The van der Waals surface area contributed by atoms with Crippen molar-refractivity contribution in [3.05, 3.63) is 35.4 Å². The summed E-state index contributed by atoms with van der Waals surface area (Å²) in [5.41, 5.74) is 0.598. The van der Waals surface area contributed by atoms with Crippen molar-refractivity contribution in [2.45, 2.75) is 13.0 Å². The summed E-state index contributed by atoms with van der Waals surface area (Å²) in [6, 6.07) is 5.82. The highest BCUT2D eigenvalue weighted by Crippen LogP contribution is 2.21. The van der Waals surface area contributed by atoms with Crippen LogP contribution in [0.15, 0.2) is 24.3 Å². The Kier molecular flexibility index (Phi) is 7.50. The number of carbonyl (C=O) groups is 2.